The summed E-state index contributed by atoms with van der Waals surface area (Å²) >= 11 is 3.63. The minimum atomic E-state index is -0.0315. The highest BCUT2D eigenvalue weighted by Crippen LogP contribution is 2.39. The summed E-state index contributed by atoms with van der Waals surface area (Å²) in [4.78, 5) is 22.3. The Morgan fingerprint density at radius 1 is 1.09 bits per heavy atom. The first-order valence-corrected chi connectivity index (χ1v) is 13.1. The Morgan fingerprint density at radius 3 is 2.77 bits per heavy atom. The van der Waals surface area contributed by atoms with Gasteiger partial charge in [-0.1, -0.05) is 22.9 Å². The topological polar surface area (TPSA) is 87.4 Å². The van der Waals surface area contributed by atoms with E-state index in [9.17, 15) is 4.79 Å². The molecule has 2 saturated heterocycles. The molecule has 1 unspecified atom stereocenters. The molecule has 1 atom stereocenters. The van der Waals surface area contributed by atoms with Crippen LogP contribution < -0.4 is 15.1 Å². The molecule has 3 aromatic rings. The number of hydrogen-bond acceptors (Lipinski definition) is 7. The molecule has 2 fully saturated rings. The van der Waals surface area contributed by atoms with E-state index in [0.29, 0.717) is 24.9 Å². The number of pyridine rings is 1. The Balaban J connectivity index is 1.42. The zero-order valence-electron chi connectivity index (χ0n) is 19.8. The first kappa shape index (κ1) is 22.5. The smallest absolute Gasteiger partial charge is 0.250 e. The number of anilines is 2. The molecule has 35 heavy (non-hydrogen) atoms. The summed E-state index contributed by atoms with van der Waals surface area (Å²) in [7, 11) is 0. The second kappa shape index (κ2) is 8.93. The van der Waals surface area contributed by atoms with E-state index in [1.54, 1.807) is 6.20 Å². The lowest BCUT2D eigenvalue weighted by atomic mass is 9.80. The highest BCUT2D eigenvalue weighted by atomic mass is 79.9. The van der Waals surface area contributed by atoms with E-state index in [-0.39, 0.29) is 17.2 Å². The molecule has 1 N–H and O–H groups in total. The number of carbonyl (C=O) groups excluding carboxylic acids is 1. The number of rotatable bonds is 0. The maximum absolute atomic E-state index is 13.1. The van der Waals surface area contributed by atoms with Crippen LogP contribution in [0, 0.1) is 11.3 Å². The number of carbonyl (C=O) groups is 1. The summed E-state index contributed by atoms with van der Waals surface area (Å²) in [6, 6.07) is 10.0. The summed E-state index contributed by atoms with van der Waals surface area (Å²) in [6.45, 7) is 6.36. The van der Waals surface area contributed by atoms with Gasteiger partial charge in [-0.15, -0.1) is 10.2 Å². The summed E-state index contributed by atoms with van der Waals surface area (Å²) in [5.41, 5.74) is 2.91. The Hall–Kier alpha value is -2.94. The van der Waals surface area contributed by atoms with E-state index < -0.39 is 0 Å². The molecule has 6 heterocycles. The van der Waals surface area contributed by atoms with E-state index in [1.165, 1.54) is 0 Å². The second-order valence-electron chi connectivity index (χ2n) is 10.3. The molecule has 0 spiro atoms. The van der Waals surface area contributed by atoms with Crippen LogP contribution >= 0.6 is 15.9 Å². The van der Waals surface area contributed by atoms with Crippen LogP contribution in [0.1, 0.15) is 32.6 Å². The summed E-state index contributed by atoms with van der Waals surface area (Å²) in [6.07, 6.45) is 5.64. The van der Waals surface area contributed by atoms with Gasteiger partial charge < -0.3 is 19.5 Å². The van der Waals surface area contributed by atoms with Crippen LogP contribution in [0.15, 0.2) is 45.4 Å². The van der Waals surface area contributed by atoms with Gasteiger partial charge >= 0.3 is 0 Å². The Kier molecular flexibility index (Phi) is 5.75. The first-order chi connectivity index (χ1) is 17.0. The molecule has 2 aromatic heterocycles. The van der Waals surface area contributed by atoms with Crippen molar-refractivity contribution in [1.82, 2.24) is 20.5 Å². The zero-order chi connectivity index (χ0) is 24.0. The SMILES string of the molecule is CC12CCN(CC1)c1cc(Br)ccc1-c1nnc(o1)-c1ccnc(c1)N1CCCC(C1)C(=O)NC2. The van der Waals surface area contributed by atoms with E-state index in [1.807, 2.05) is 24.3 Å². The third-order valence-electron chi connectivity index (χ3n) is 7.72. The van der Waals surface area contributed by atoms with Gasteiger partial charge in [-0.3, -0.25) is 4.79 Å². The molecule has 0 aliphatic carbocycles. The quantitative estimate of drug-likeness (QED) is 0.452. The van der Waals surface area contributed by atoms with Crippen LogP contribution in [0.4, 0.5) is 11.5 Å². The average molecular weight is 537 g/mol. The Bertz CT molecular complexity index is 1250. The minimum Gasteiger partial charge on any atom is -0.416 e. The molecule has 182 valence electrons. The molecular formula is C26H29BrN6O2. The molecule has 8 nitrogen and oxygen atoms in total. The summed E-state index contributed by atoms with van der Waals surface area (Å²) in [5.74, 6) is 1.95. The molecule has 9 heteroatoms. The third-order valence-corrected chi connectivity index (χ3v) is 8.22. The third kappa shape index (κ3) is 4.42. The van der Waals surface area contributed by atoms with Gasteiger partial charge in [-0.25, -0.2) is 4.98 Å². The lowest BCUT2D eigenvalue weighted by Crippen LogP contribution is -2.48. The predicted molar refractivity (Wildman–Crippen MR) is 138 cm³/mol. The predicted octanol–water partition coefficient (Wildman–Crippen LogP) is 4.51. The van der Waals surface area contributed by atoms with Crippen molar-refractivity contribution in [3.8, 4) is 22.9 Å². The van der Waals surface area contributed by atoms with Crippen molar-refractivity contribution in [3.63, 3.8) is 0 Å². The number of halogens is 1. The highest BCUT2D eigenvalue weighted by Gasteiger charge is 2.34. The first-order valence-electron chi connectivity index (χ1n) is 12.3. The van der Waals surface area contributed by atoms with Gasteiger partial charge in [0.05, 0.1) is 17.2 Å². The van der Waals surface area contributed by atoms with Crippen molar-refractivity contribution >= 4 is 33.3 Å². The van der Waals surface area contributed by atoms with Gasteiger partial charge in [0, 0.05) is 49.0 Å². The fourth-order valence-electron chi connectivity index (χ4n) is 5.43. The number of nitrogens with one attached hydrogen (secondary N) is 1. The number of nitrogens with zero attached hydrogens (tertiary/aromatic N) is 5. The Labute approximate surface area is 213 Å². The Morgan fingerprint density at radius 2 is 1.91 bits per heavy atom. The molecule has 1 aromatic carbocycles. The molecule has 0 radical (unpaired) electrons. The number of fused-ring (bicyclic) bond motifs is 4. The maximum Gasteiger partial charge on any atom is 0.250 e. The number of benzene rings is 1. The fraction of sp³-hybridized carbons (Fsp3) is 0.462. The molecule has 4 aliphatic rings. The van der Waals surface area contributed by atoms with Crippen molar-refractivity contribution in [2.75, 3.05) is 42.5 Å². The molecule has 4 aliphatic heterocycles. The van der Waals surface area contributed by atoms with E-state index in [4.69, 9.17) is 4.42 Å². The van der Waals surface area contributed by atoms with Crippen molar-refractivity contribution in [3.05, 3.63) is 41.0 Å². The van der Waals surface area contributed by atoms with Crippen molar-refractivity contribution < 1.29 is 9.21 Å². The van der Waals surface area contributed by atoms with Gasteiger partial charge in [0.2, 0.25) is 17.7 Å². The van der Waals surface area contributed by atoms with Crippen molar-refractivity contribution in [2.45, 2.75) is 32.6 Å². The van der Waals surface area contributed by atoms with Gasteiger partial charge in [-0.2, -0.15) is 0 Å². The van der Waals surface area contributed by atoms with Gasteiger partial charge in [0.25, 0.3) is 0 Å². The van der Waals surface area contributed by atoms with Crippen LogP contribution in [-0.4, -0.2) is 53.8 Å². The standard InChI is InChI=1S/C26H29BrN6O2/c1-26-7-11-32(12-8-26)21-14-19(27)4-5-20(21)25-31-30-24(35-25)17-6-9-28-22(13-17)33-10-2-3-18(15-33)23(34)29-16-26/h4-6,9,13-14,18H,2-3,7-8,10-12,15-16H2,1H3,(H,29,34). The van der Waals surface area contributed by atoms with Gasteiger partial charge in [0.15, 0.2) is 0 Å². The summed E-state index contributed by atoms with van der Waals surface area (Å²) in [5, 5.41) is 12.1. The van der Waals surface area contributed by atoms with Crippen LogP contribution in [0.5, 0.6) is 0 Å². The van der Waals surface area contributed by atoms with Crippen molar-refractivity contribution in [2.24, 2.45) is 11.3 Å². The molecule has 8 bridgehead atoms. The lowest BCUT2D eigenvalue weighted by Gasteiger charge is -2.41. The monoisotopic (exact) mass is 536 g/mol. The molecule has 0 saturated carbocycles. The normalized spacial score (nSPS) is 24.4. The van der Waals surface area contributed by atoms with Crippen molar-refractivity contribution in [1.29, 1.82) is 0 Å². The second-order valence-corrected chi connectivity index (χ2v) is 11.2. The lowest BCUT2D eigenvalue weighted by molar-refractivity contribution is -0.125. The van der Waals surface area contributed by atoms with Crippen LogP contribution in [0.25, 0.3) is 22.9 Å². The van der Waals surface area contributed by atoms with Gasteiger partial charge in [-0.05, 0) is 61.4 Å². The molecular weight excluding hydrogens is 508 g/mol. The van der Waals surface area contributed by atoms with Crippen LogP contribution in [0.3, 0.4) is 0 Å². The summed E-state index contributed by atoms with van der Waals surface area (Å²) < 4.78 is 7.22. The zero-order valence-corrected chi connectivity index (χ0v) is 21.4. The van der Waals surface area contributed by atoms with Crippen LogP contribution in [-0.2, 0) is 4.79 Å². The largest absolute Gasteiger partial charge is 0.416 e. The molecule has 1 amide bonds. The highest BCUT2D eigenvalue weighted by molar-refractivity contribution is 9.10. The maximum atomic E-state index is 13.1. The van der Waals surface area contributed by atoms with E-state index in [0.717, 1.165) is 72.4 Å². The number of aromatic nitrogens is 3. The van der Waals surface area contributed by atoms with E-state index >= 15 is 0 Å². The average Bonchev–Trinajstić information content (AvgIpc) is 3.38. The fourth-order valence-corrected chi connectivity index (χ4v) is 5.78. The minimum absolute atomic E-state index is 0.0315. The molecule has 7 rings (SSSR count). The number of amides is 1. The van der Waals surface area contributed by atoms with Gasteiger partial charge in [0.1, 0.15) is 5.82 Å². The number of hydrogen-bond donors (Lipinski definition) is 1. The number of piperidine rings is 2. The van der Waals surface area contributed by atoms with E-state index in [2.05, 4.69) is 59.2 Å². The van der Waals surface area contributed by atoms with Crippen LogP contribution in [0.2, 0.25) is 0 Å².